The predicted octanol–water partition coefficient (Wildman–Crippen LogP) is 3.76. The number of carbonyl (C=O) groups is 1. The van der Waals surface area contributed by atoms with Gasteiger partial charge in [0.1, 0.15) is 0 Å². The molecular weight excluding hydrogens is 246 g/mol. The van der Waals surface area contributed by atoms with Crippen molar-refractivity contribution in [2.75, 3.05) is 13.1 Å². The minimum absolute atomic E-state index is 0.224. The number of likely N-dealkylation sites (tertiary alicyclic amines) is 1. The van der Waals surface area contributed by atoms with Crippen LogP contribution in [0.4, 0.5) is 0 Å². The van der Waals surface area contributed by atoms with Crippen LogP contribution in [-0.2, 0) is 10.2 Å². The maximum atomic E-state index is 13.2. The zero-order chi connectivity index (χ0) is 14.0. The van der Waals surface area contributed by atoms with Crippen LogP contribution in [0.3, 0.4) is 0 Å². The molecule has 0 radical (unpaired) electrons. The fourth-order valence-electron chi connectivity index (χ4n) is 4.04. The summed E-state index contributed by atoms with van der Waals surface area (Å²) < 4.78 is 0. The monoisotopic (exact) mass is 271 g/mol. The highest BCUT2D eigenvalue weighted by Gasteiger charge is 2.45. The van der Waals surface area contributed by atoms with E-state index in [0.29, 0.717) is 11.8 Å². The molecule has 0 N–H and O–H groups in total. The summed E-state index contributed by atoms with van der Waals surface area (Å²) in [5.41, 5.74) is 1.01. The first-order valence-electron chi connectivity index (χ1n) is 8.07. The number of amides is 1. The summed E-state index contributed by atoms with van der Waals surface area (Å²) >= 11 is 0. The van der Waals surface area contributed by atoms with Crippen molar-refractivity contribution in [1.82, 2.24) is 4.90 Å². The summed E-state index contributed by atoms with van der Waals surface area (Å²) in [4.78, 5) is 15.3. The average Bonchev–Trinajstić information content (AvgIpc) is 2.98. The molecule has 1 aliphatic carbocycles. The standard InChI is InChI=1S/C18H25NO/c1-15-8-7-13-19(14-15)17(20)18(11-5-6-12-18)16-9-3-2-4-10-16/h2-4,9-10,15H,5-8,11-14H2,1H3. The molecule has 1 saturated heterocycles. The van der Waals surface area contributed by atoms with Gasteiger partial charge in [-0.15, -0.1) is 0 Å². The van der Waals surface area contributed by atoms with Crippen molar-refractivity contribution in [2.45, 2.75) is 50.9 Å². The number of piperidine rings is 1. The van der Waals surface area contributed by atoms with Crippen LogP contribution < -0.4 is 0 Å². The molecular formula is C18H25NO. The molecule has 1 saturated carbocycles. The highest BCUT2D eigenvalue weighted by Crippen LogP contribution is 2.43. The Morgan fingerprint density at radius 2 is 1.85 bits per heavy atom. The van der Waals surface area contributed by atoms with Crippen LogP contribution >= 0.6 is 0 Å². The molecule has 0 spiro atoms. The van der Waals surface area contributed by atoms with Gasteiger partial charge in [-0.05, 0) is 37.2 Å². The lowest BCUT2D eigenvalue weighted by molar-refractivity contribution is -0.139. The first-order valence-corrected chi connectivity index (χ1v) is 8.07. The van der Waals surface area contributed by atoms with Gasteiger partial charge in [-0.3, -0.25) is 4.79 Å². The van der Waals surface area contributed by atoms with Gasteiger partial charge in [-0.25, -0.2) is 0 Å². The molecule has 1 unspecified atom stereocenters. The molecule has 2 fully saturated rings. The Hall–Kier alpha value is -1.31. The number of nitrogens with zero attached hydrogens (tertiary/aromatic N) is 1. The molecule has 2 aliphatic rings. The van der Waals surface area contributed by atoms with Crippen molar-refractivity contribution in [1.29, 1.82) is 0 Å². The Labute approximate surface area is 122 Å². The van der Waals surface area contributed by atoms with Crippen LogP contribution in [-0.4, -0.2) is 23.9 Å². The highest BCUT2D eigenvalue weighted by atomic mass is 16.2. The second-order valence-electron chi connectivity index (χ2n) is 6.65. The van der Waals surface area contributed by atoms with Crippen LogP contribution in [0.5, 0.6) is 0 Å². The summed E-state index contributed by atoms with van der Waals surface area (Å²) in [6.07, 6.45) is 6.86. The molecule has 0 aromatic heterocycles. The van der Waals surface area contributed by atoms with Crippen molar-refractivity contribution < 1.29 is 4.79 Å². The van der Waals surface area contributed by atoms with E-state index in [1.807, 2.05) is 6.07 Å². The minimum Gasteiger partial charge on any atom is -0.342 e. The second kappa shape index (κ2) is 5.59. The SMILES string of the molecule is CC1CCCN(C(=O)C2(c3ccccc3)CCCC2)C1. The lowest BCUT2D eigenvalue weighted by Gasteiger charge is -2.38. The Balaban J connectivity index is 1.89. The average molecular weight is 271 g/mol. The first kappa shape index (κ1) is 13.7. The van der Waals surface area contributed by atoms with Crippen molar-refractivity contribution in [3.05, 3.63) is 35.9 Å². The summed E-state index contributed by atoms with van der Waals surface area (Å²) in [6.45, 7) is 4.18. The van der Waals surface area contributed by atoms with Crippen molar-refractivity contribution >= 4 is 5.91 Å². The lowest BCUT2D eigenvalue weighted by Crippen LogP contribution is -2.49. The van der Waals surface area contributed by atoms with Gasteiger partial charge >= 0.3 is 0 Å². The van der Waals surface area contributed by atoms with Gasteiger partial charge in [-0.1, -0.05) is 50.1 Å². The molecule has 0 bridgehead atoms. The van der Waals surface area contributed by atoms with Gasteiger partial charge in [0, 0.05) is 13.1 Å². The van der Waals surface area contributed by atoms with E-state index < -0.39 is 0 Å². The van der Waals surface area contributed by atoms with E-state index in [1.165, 1.54) is 24.8 Å². The van der Waals surface area contributed by atoms with E-state index >= 15 is 0 Å². The molecule has 2 heteroatoms. The number of hydrogen-bond donors (Lipinski definition) is 0. The van der Waals surface area contributed by atoms with Gasteiger partial charge in [-0.2, -0.15) is 0 Å². The Bertz CT molecular complexity index is 462. The largest absolute Gasteiger partial charge is 0.342 e. The summed E-state index contributed by atoms with van der Waals surface area (Å²) in [5, 5.41) is 0. The molecule has 1 atom stereocenters. The van der Waals surface area contributed by atoms with E-state index in [2.05, 4.69) is 36.1 Å². The third-order valence-electron chi connectivity index (χ3n) is 5.14. The van der Waals surface area contributed by atoms with E-state index in [4.69, 9.17) is 0 Å². The summed E-state index contributed by atoms with van der Waals surface area (Å²) in [7, 11) is 0. The molecule has 1 aromatic carbocycles. The van der Waals surface area contributed by atoms with Gasteiger partial charge in [0.15, 0.2) is 0 Å². The van der Waals surface area contributed by atoms with Gasteiger partial charge < -0.3 is 4.90 Å². The Kier molecular flexibility index (Phi) is 3.82. The van der Waals surface area contributed by atoms with Crippen LogP contribution in [0, 0.1) is 5.92 Å². The number of carbonyl (C=O) groups excluding carboxylic acids is 1. The fourth-order valence-corrected chi connectivity index (χ4v) is 4.04. The molecule has 1 amide bonds. The second-order valence-corrected chi connectivity index (χ2v) is 6.65. The molecule has 2 nitrogen and oxygen atoms in total. The lowest BCUT2D eigenvalue weighted by atomic mass is 9.77. The van der Waals surface area contributed by atoms with E-state index in [1.54, 1.807) is 0 Å². The van der Waals surface area contributed by atoms with Crippen molar-refractivity contribution in [3.8, 4) is 0 Å². The summed E-state index contributed by atoms with van der Waals surface area (Å²) in [6, 6.07) is 10.5. The molecule has 3 rings (SSSR count). The number of hydrogen-bond acceptors (Lipinski definition) is 1. The van der Waals surface area contributed by atoms with E-state index in [0.717, 1.165) is 32.4 Å². The quantitative estimate of drug-likeness (QED) is 0.802. The van der Waals surface area contributed by atoms with Crippen molar-refractivity contribution in [2.24, 2.45) is 5.92 Å². The zero-order valence-electron chi connectivity index (χ0n) is 12.5. The highest BCUT2D eigenvalue weighted by molar-refractivity contribution is 5.88. The molecule has 1 heterocycles. The predicted molar refractivity (Wildman–Crippen MR) is 81.6 cm³/mol. The van der Waals surface area contributed by atoms with Gasteiger partial charge in [0.05, 0.1) is 5.41 Å². The third kappa shape index (κ3) is 2.36. The third-order valence-corrected chi connectivity index (χ3v) is 5.14. The van der Waals surface area contributed by atoms with Gasteiger partial charge in [0.2, 0.25) is 5.91 Å². The zero-order valence-corrected chi connectivity index (χ0v) is 12.5. The van der Waals surface area contributed by atoms with Gasteiger partial charge in [0.25, 0.3) is 0 Å². The Morgan fingerprint density at radius 3 is 2.50 bits per heavy atom. The van der Waals surface area contributed by atoms with E-state index in [9.17, 15) is 4.79 Å². The molecule has 1 aliphatic heterocycles. The number of benzene rings is 1. The smallest absolute Gasteiger partial charge is 0.233 e. The molecule has 1 aromatic rings. The maximum Gasteiger partial charge on any atom is 0.233 e. The minimum atomic E-state index is -0.224. The number of rotatable bonds is 2. The normalized spacial score (nSPS) is 25.6. The topological polar surface area (TPSA) is 20.3 Å². The van der Waals surface area contributed by atoms with Crippen LogP contribution in [0.25, 0.3) is 0 Å². The van der Waals surface area contributed by atoms with Crippen LogP contribution in [0.1, 0.15) is 51.0 Å². The molecule has 108 valence electrons. The first-order chi connectivity index (χ1) is 9.72. The molecule has 20 heavy (non-hydrogen) atoms. The van der Waals surface area contributed by atoms with Crippen LogP contribution in [0.15, 0.2) is 30.3 Å². The van der Waals surface area contributed by atoms with E-state index in [-0.39, 0.29) is 5.41 Å². The van der Waals surface area contributed by atoms with Crippen LogP contribution in [0.2, 0.25) is 0 Å². The maximum absolute atomic E-state index is 13.2. The fraction of sp³-hybridized carbons (Fsp3) is 0.611. The Morgan fingerprint density at radius 1 is 1.15 bits per heavy atom. The van der Waals surface area contributed by atoms with Crippen molar-refractivity contribution in [3.63, 3.8) is 0 Å². The summed E-state index contributed by atoms with van der Waals surface area (Å²) in [5.74, 6) is 1.05.